The molecule has 0 spiro atoms. The van der Waals surface area contributed by atoms with Crippen molar-refractivity contribution >= 4 is 0 Å². The van der Waals surface area contributed by atoms with E-state index in [1.807, 2.05) is 29.8 Å². The van der Waals surface area contributed by atoms with Gasteiger partial charge in [-0.3, -0.25) is 4.79 Å². The van der Waals surface area contributed by atoms with E-state index in [-0.39, 0.29) is 11.1 Å². The van der Waals surface area contributed by atoms with Crippen LogP contribution in [0.5, 0.6) is 0 Å². The topological polar surface area (TPSA) is 22.0 Å². The highest BCUT2D eigenvalue weighted by Gasteiger charge is 2.18. The van der Waals surface area contributed by atoms with Crippen molar-refractivity contribution in [2.75, 3.05) is 0 Å². The minimum atomic E-state index is -0.0803. The lowest BCUT2D eigenvalue weighted by molar-refractivity contribution is 0.331. The first-order valence-corrected chi connectivity index (χ1v) is 4.68. The molecule has 0 atom stereocenters. The van der Waals surface area contributed by atoms with Crippen LogP contribution in [0.15, 0.2) is 23.1 Å². The Morgan fingerprint density at radius 1 is 1.46 bits per heavy atom. The Morgan fingerprint density at radius 2 is 2.08 bits per heavy atom. The molecule has 0 saturated carbocycles. The monoisotopic (exact) mass is 179 g/mol. The van der Waals surface area contributed by atoms with Gasteiger partial charge in [-0.05, 0) is 33.3 Å². The Kier molecular flexibility index (Phi) is 2.60. The molecule has 13 heavy (non-hydrogen) atoms. The molecule has 1 rings (SSSR count). The van der Waals surface area contributed by atoms with E-state index in [2.05, 4.69) is 20.8 Å². The van der Waals surface area contributed by atoms with Crippen LogP contribution >= 0.6 is 0 Å². The number of hydrogen-bond acceptors (Lipinski definition) is 1. The summed E-state index contributed by atoms with van der Waals surface area (Å²) in [6.45, 7) is 8.10. The summed E-state index contributed by atoms with van der Waals surface area (Å²) >= 11 is 0. The Hall–Kier alpha value is -1.05. The number of hydrogen-bond donors (Lipinski definition) is 0. The van der Waals surface area contributed by atoms with Gasteiger partial charge in [0.2, 0.25) is 0 Å². The van der Waals surface area contributed by atoms with Gasteiger partial charge in [-0.1, -0.05) is 13.0 Å². The van der Waals surface area contributed by atoms with Crippen molar-refractivity contribution in [2.24, 2.45) is 0 Å². The Morgan fingerprint density at radius 3 is 2.62 bits per heavy atom. The van der Waals surface area contributed by atoms with Gasteiger partial charge in [0.25, 0.3) is 5.56 Å². The second-order valence-corrected chi connectivity index (χ2v) is 4.03. The van der Waals surface area contributed by atoms with Crippen molar-refractivity contribution in [2.45, 2.75) is 39.7 Å². The van der Waals surface area contributed by atoms with Crippen molar-refractivity contribution in [3.8, 4) is 0 Å². The highest BCUT2D eigenvalue weighted by Crippen LogP contribution is 2.16. The van der Waals surface area contributed by atoms with E-state index in [0.717, 1.165) is 12.0 Å². The molecular formula is C11H17NO. The molecule has 1 aromatic heterocycles. The molecule has 0 aliphatic heterocycles. The number of aryl methyl sites for hydroxylation is 1. The zero-order valence-corrected chi connectivity index (χ0v) is 8.79. The van der Waals surface area contributed by atoms with Crippen molar-refractivity contribution < 1.29 is 0 Å². The first-order chi connectivity index (χ1) is 5.99. The molecule has 0 aromatic carbocycles. The zero-order chi connectivity index (χ0) is 10.1. The summed E-state index contributed by atoms with van der Waals surface area (Å²) in [5, 5.41) is 0. The predicted molar refractivity (Wildman–Crippen MR) is 55.1 cm³/mol. The van der Waals surface area contributed by atoms with E-state index in [0.29, 0.717) is 0 Å². The van der Waals surface area contributed by atoms with Crippen LogP contribution in [-0.2, 0) is 5.54 Å². The second-order valence-electron chi connectivity index (χ2n) is 4.03. The lowest BCUT2D eigenvalue weighted by Gasteiger charge is -2.26. The highest BCUT2D eigenvalue weighted by atomic mass is 16.1. The van der Waals surface area contributed by atoms with Gasteiger partial charge in [0, 0.05) is 17.3 Å². The molecule has 0 bridgehead atoms. The summed E-state index contributed by atoms with van der Waals surface area (Å²) in [5.41, 5.74) is 0.849. The van der Waals surface area contributed by atoms with Gasteiger partial charge in [-0.25, -0.2) is 0 Å². The molecule has 72 valence electrons. The smallest absolute Gasteiger partial charge is 0.253 e. The number of nitrogens with zero attached hydrogens (tertiary/aromatic N) is 1. The Balaban J connectivity index is 3.31. The zero-order valence-electron chi connectivity index (χ0n) is 8.79. The van der Waals surface area contributed by atoms with Crippen molar-refractivity contribution in [1.82, 2.24) is 4.57 Å². The third-order valence-corrected chi connectivity index (χ3v) is 2.65. The van der Waals surface area contributed by atoms with Crippen LogP contribution in [0.25, 0.3) is 0 Å². The lowest BCUT2D eigenvalue weighted by atomic mass is 10.0. The molecule has 2 nitrogen and oxygen atoms in total. The van der Waals surface area contributed by atoms with E-state index in [1.165, 1.54) is 0 Å². The molecule has 0 aliphatic carbocycles. The average Bonchev–Trinajstić information content (AvgIpc) is 2.09. The first kappa shape index (κ1) is 10.0. The SMILES string of the molecule is CCC(C)(C)n1cccc(C)c1=O. The molecule has 0 saturated heterocycles. The van der Waals surface area contributed by atoms with Crippen molar-refractivity contribution in [3.05, 3.63) is 34.2 Å². The van der Waals surface area contributed by atoms with E-state index in [4.69, 9.17) is 0 Å². The van der Waals surface area contributed by atoms with E-state index >= 15 is 0 Å². The molecule has 0 radical (unpaired) electrons. The van der Waals surface area contributed by atoms with Crippen LogP contribution in [0, 0.1) is 6.92 Å². The molecule has 0 amide bonds. The minimum absolute atomic E-state index is 0.0803. The molecule has 1 aromatic rings. The summed E-state index contributed by atoms with van der Waals surface area (Å²) in [6, 6.07) is 3.78. The van der Waals surface area contributed by atoms with Gasteiger partial charge < -0.3 is 4.57 Å². The van der Waals surface area contributed by atoms with Crippen LogP contribution in [0.1, 0.15) is 32.8 Å². The summed E-state index contributed by atoms with van der Waals surface area (Å²) in [4.78, 5) is 11.7. The highest BCUT2D eigenvalue weighted by molar-refractivity contribution is 5.09. The van der Waals surface area contributed by atoms with Crippen LogP contribution < -0.4 is 5.56 Å². The summed E-state index contributed by atoms with van der Waals surface area (Å²) in [7, 11) is 0. The fraction of sp³-hybridized carbons (Fsp3) is 0.545. The van der Waals surface area contributed by atoms with E-state index in [1.54, 1.807) is 0 Å². The Labute approximate surface area is 79.2 Å². The largest absolute Gasteiger partial charge is 0.310 e. The Bertz CT molecular complexity index is 349. The molecule has 0 fully saturated rings. The summed E-state index contributed by atoms with van der Waals surface area (Å²) in [6.07, 6.45) is 2.81. The summed E-state index contributed by atoms with van der Waals surface area (Å²) in [5.74, 6) is 0. The minimum Gasteiger partial charge on any atom is -0.310 e. The van der Waals surface area contributed by atoms with Gasteiger partial charge >= 0.3 is 0 Å². The molecular weight excluding hydrogens is 162 g/mol. The molecule has 0 aliphatic rings. The third-order valence-electron chi connectivity index (χ3n) is 2.65. The van der Waals surface area contributed by atoms with Crippen LogP contribution in [-0.4, -0.2) is 4.57 Å². The van der Waals surface area contributed by atoms with Gasteiger partial charge in [0.05, 0.1) is 0 Å². The number of aromatic nitrogens is 1. The second kappa shape index (κ2) is 3.36. The van der Waals surface area contributed by atoms with Gasteiger partial charge in [0.1, 0.15) is 0 Å². The molecule has 0 N–H and O–H groups in total. The normalized spacial score (nSPS) is 11.7. The molecule has 0 unspecified atom stereocenters. The summed E-state index contributed by atoms with van der Waals surface area (Å²) < 4.78 is 1.81. The lowest BCUT2D eigenvalue weighted by Crippen LogP contribution is -2.36. The fourth-order valence-corrected chi connectivity index (χ4v) is 1.25. The third kappa shape index (κ3) is 1.82. The van der Waals surface area contributed by atoms with Gasteiger partial charge in [-0.15, -0.1) is 0 Å². The average molecular weight is 179 g/mol. The quantitative estimate of drug-likeness (QED) is 0.682. The maximum absolute atomic E-state index is 11.7. The van der Waals surface area contributed by atoms with Crippen LogP contribution in [0.2, 0.25) is 0 Å². The first-order valence-electron chi connectivity index (χ1n) is 4.68. The maximum Gasteiger partial charge on any atom is 0.253 e. The van der Waals surface area contributed by atoms with E-state index in [9.17, 15) is 4.79 Å². The van der Waals surface area contributed by atoms with E-state index < -0.39 is 0 Å². The molecule has 1 heterocycles. The predicted octanol–water partition coefficient (Wildman–Crippen LogP) is 2.30. The van der Waals surface area contributed by atoms with Crippen LogP contribution in [0.4, 0.5) is 0 Å². The van der Waals surface area contributed by atoms with Crippen molar-refractivity contribution in [3.63, 3.8) is 0 Å². The van der Waals surface area contributed by atoms with Crippen LogP contribution in [0.3, 0.4) is 0 Å². The standard InChI is InChI=1S/C11H17NO/c1-5-11(3,4)12-8-6-7-9(2)10(12)13/h6-8H,5H2,1-4H3. The van der Waals surface area contributed by atoms with Crippen molar-refractivity contribution in [1.29, 1.82) is 0 Å². The fourth-order valence-electron chi connectivity index (χ4n) is 1.25. The van der Waals surface area contributed by atoms with Gasteiger partial charge in [-0.2, -0.15) is 0 Å². The van der Waals surface area contributed by atoms with Gasteiger partial charge in [0.15, 0.2) is 0 Å². The number of rotatable bonds is 2. The molecule has 2 heteroatoms. The maximum atomic E-state index is 11.7. The number of pyridine rings is 1.